The van der Waals surface area contributed by atoms with E-state index in [1.165, 1.54) is 6.39 Å². The summed E-state index contributed by atoms with van der Waals surface area (Å²) in [6.07, 6.45) is 1.32. The third kappa shape index (κ3) is 2.84. The van der Waals surface area contributed by atoms with Gasteiger partial charge in [-0.05, 0) is 18.6 Å². The molecule has 1 aromatic carbocycles. The number of nitrogens with zero attached hydrogens (tertiary/aromatic N) is 3. The van der Waals surface area contributed by atoms with Crippen LogP contribution in [-0.4, -0.2) is 32.8 Å². The quantitative estimate of drug-likeness (QED) is 0.802. The molecule has 23 heavy (non-hydrogen) atoms. The highest BCUT2D eigenvalue weighted by Crippen LogP contribution is 2.20. The molecule has 3 aromatic rings. The Balaban J connectivity index is 1.82. The summed E-state index contributed by atoms with van der Waals surface area (Å²) in [6, 6.07) is 5.99. The number of amides is 1. The minimum Gasteiger partial charge on any atom is -0.447 e. The lowest BCUT2D eigenvalue weighted by molar-refractivity contribution is 0.0774. The van der Waals surface area contributed by atoms with Crippen molar-refractivity contribution >= 4 is 16.9 Å². The third-order valence-electron chi connectivity index (χ3n) is 3.82. The Hall–Kier alpha value is -2.63. The van der Waals surface area contributed by atoms with Crippen LogP contribution in [0.15, 0.2) is 29.0 Å². The van der Waals surface area contributed by atoms with Gasteiger partial charge in [0.15, 0.2) is 12.1 Å². The second-order valence-corrected chi connectivity index (χ2v) is 6.04. The molecule has 0 spiro atoms. The van der Waals surface area contributed by atoms with Gasteiger partial charge < -0.3 is 14.3 Å². The van der Waals surface area contributed by atoms with E-state index in [-0.39, 0.29) is 11.8 Å². The molecule has 0 saturated carbocycles. The molecule has 0 aliphatic heterocycles. The van der Waals surface area contributed by atoms with Gasteiger partial charge >= 0.3 is 0 Å². The van der Waals surface area contributed by atoms with E-state index in [0.717, 1.165) is 22.4 Å². The number of oxazole rings is 1. The fourth-order valence-electron chi connectivity index (χ4n) is 2.60. The van der Waals surface area contributed by atoms with E-state index in [2.05, 4.69) is 15.0 Å². The van der Waals surface area contributed by atoms with Crippen LogP contribution in [0.25, 0.3) is 11.0 Å². The van der Waals surface area contributed by atoms with E-state index in [9.17, 15) is 4.79 Å². The lowest BCUT2D eigenvalue weighted by Crippen LogP contribution is -2.28. The van der Waals surface area contributed by atoms with Crippen molar-refractivity contribution in [1.82, 2.24) is 19.9 Å². The Morgan fingerprint density at radius 1 is 1.39 bits per heavy atom. The number of para-hydroxylation sites is 1. The standard InChI is InChI=1S/C17H20N4O2/c1-10(2)16-15(18-9-23-16)17(22)21(4)8-13-19-12-7-5-6-11(3)14(12)20-13/h5-7,9-10H,8H2,1-4H3,(H,19,20). The molecule has 1 N–H and O–H groups in total. The summed E-state index contributed by atoms with van der Waals surface area (Å²) in [7, 11) is 1.74. The van der Waals surface area contributed by atoms with Crippen LogP contribution in [-0.2, 0) is 6.54 Å². The molecule has 6 heteroatoms. The fraction of sp³-hybridized carbons (Fsp3) is 0.353. The van der Waals surface area contributed by atoms with Crippen LogP contribution >= 0.6 is 0 Å². The first-order valence-electron chi connectivity index (χ1n) is 7.60. The van der Waals surface area contributed by atoms with E-state index in [1.807, 2.05) is 39.0 Å². The number of imidazole rings is 1. The second-order valence-electron chi connectivity index (χ2n) is 6.04. The summed E-state index contributed by atoms with van der Waals surface area (Å²) < 4.78 is 5.33. The SMILES string of the molecule is Cc1cccc2[nH]c(CN(C)C(=O)c3ncoc3C(C)C)nc12. The van der Waals surface area contributed by atoms with Gasteiger partial charge in [0.2, 0.25) is 0 Å². The van der Waals surface area contributed by atoms with E-state index in [1.54, 1.807) is 11.9 Å². The number of carbonyl (C=O) groups is 1. The number of hydrogen-bond acceptors (Lipinski definition) is 4. The number of hydrogen-bond donors (Lipinski definition) is 1. The maximum atomic E-state index is 12.6. The van der Waals surface area contributed by atoms with Gasteiger partial charge in [0, 0.05) is 13.0 Å². The van der Waals surface area contributed by atoms with Crippen molar-refractivity contribution in [2.45, 2.75) is 33.2 Å². The monoisotopic (exact) mass is 312 g/mol. The zero-order valence-electron chi connectivity index (χ0n) is 13.8. The highest BCUT2D eigenvalue weighted by atomic mass is 16.3. The lowest BCUT2D eigenvalue weighted by Gasteiger charge is -2.15. The predicted molar refractivity (Wildman–Crippen MR) is 87.2 cm³/mol. The number of aryl methyl sites for hydroxylation is 1. The van der Waals surface area contributed by atoms with Crippen molar-refractivity contribution < 1.29 is 9.21 Å². The van der Waals surface area contributed by atoms with Crippen LogP contribution in [0.4, 0.5) is 0 Å². The number of carbonyl (C=O) groups excluding carboxylic acids is 1. The van der Waals surface area contributed by atoms with E-state index < -0.39 is 0 Å². The first-order valence-corrected chi connectivity index (χ1v) is 7.60. The molecular weight excluding hydrogens is 292 g/mol. The minimum atomic E-state index is -0.167. The largest absolute Gasteiger partial charge is 0.447 e. The average Bonchev–Trinajstić information content (AvgIpc) is 3.13. The Morgan fingerprint density at radius 3 is 2.87 bits per heavy atom. The molecule has 0 radical (unpaired) electrons. The van der Waals surface area contributed by atoms with Crippen LogP contribution in [0.1, 0.15) is 47.4 Å². The van der Waals surface area contributed by atoms with Crippen molar-refractivity contribution in [3.63, 3.8) is 0 Å². The summed E-state index contributed by atoms with van der Waals surface area (Å²) in [5, 5.41) is 0. The topological polar surface area (TPSA) is 75.0 Å². The maximum absolute atomic E-state index is 12.6. The Kier molecular flexibility index (Phi) is 3.90. The van der Waals surface area contributed by atoms with Crippen LogP contribution < -0.4 is 0 Å². The first kappa shape index (κ1) is 15.3. The zero-order valence-corrected chi connectivity index (χ0v) is 13.8. The Labute approximate surface area is 134 Å². The van der Waals surface area contributed by atoms with Gasteiger partial charge in [-0.15, -0.1) is 0 Å². The molecular formula is C17H20N4O2. The average molecular weight is 312 g/mol. The van der Waals surface area contributed by atoms with Gasteiger partial charge in [-0.25, -0.2) is 9.97 Å². The summed E-state index contributed by atoms with van der Waals surface area (Å²) in [5.74, 6) is 1.31. The van der Waals surface area contributed by atoms with Gasteiger partial charge in [0.1, 0.15) is 11.6 Å². The molecule has 0 fully saturated rings. The molecule has 0 saturated heterocycles. The molecule has 0 aliphatic rings. The summed E-state index contributed by atoms with van der Waals surface area (Å²) >= 11 is 0. The van der Waals surface area contributed by atoms with Crippen molar-refractivity contribution in [1.29, 1.82) is 0 Å². The molecule has 2 heterocycles. The second kappa shape index (κ2) is 5.87. The maximum Gasteiger partial charge on any atom is 0.276 e. The molecule has 0 aliphatic carbocycles. The van der Waals surface area contributed by atoms with E-state index in [0.29, 0.717) is 18.0 Å². The molecule has 2 aromatic heterocycles. The summed E-state index contributed by atoms with van der Waals surface area (Å²) in [5.41, 5.74) is 3.39. The molecule has 3 rings (SSSR count). The van der Waals surface area contributed by atoms with E-state index >= 15 is 0 Å². The number of aromatic nitrogens is 3. The Morgan fingerprint density at radius 2 is 2.17 bits per heavy atom. The number of rotatable bonds is 4. The number of H-pyrrole nitrogens is 1. The highest BCUT2D eigenvalue weighted by Gasteiger charge is 2.23. The predicted octanol–water partition coefficient (Wildman–Crippen LogP) is 3.25. The number of benzene rings is 1. The van der Waals surface area contributed by atoms with Crippen LogP contribution in [0.3, 0.4) is 0 Å². The van der Waals surface area contributed by atoms with Crippen LogP contribution in [0, 0.1) is 6.92 Å². The molecule has 0 bridgehead atoms. The van der Waals surface area contributed by atoms with Crippen molar-refractivity contribution in [3.05, 3.63) is 47.4 Å². The molecule has 0 atom stereocenters. The Bertz CT molecular complexity index is 847. The van der Waals surface area contributed by atoms with Crippen molar-refractivity contribution in [2.24, 2.45) is 0 Å². The van der Waals surface area contributed by atoms with Gasteiger partial charge in [-0.2, -0.15) is 0 Å². The molecule has 0 unspecified atom stereocenters. The van der Waals surface area contributed by atoms with Crippen molar-refractivity contribution in [2.75, 3.05) is 7.05 Å². The summed E-state index contributed by atoms with van der Waals surface area (Å²) in [4.78, 5) is 26.1. The number of fused-ring (bicyclic) bond motifs is 1. The third-order valence-corrected chi connectivity index (χ3v) is 3.82. The minimum absolute atomic E-state index is 0.110. The van der Waals surface area contributed by atoms with Gasteiger partial charge in [-0.1, -0.05) is 26.0 Å². The van der Waals surface area contributed by atoms with Gasteiger partial charge in [0.05, 0.1) is 17.6 Å². The molecule has 1 amide bonds. The van der Waals surface area contributed by atoms with Crippen molar-refractivity contribution in [3.8, 4) is 0 Å². The fourth-order valence-corrected chi connectivity index (χ4v) is 2.60. The van der Waals surface area contributed by atoms with Gasteiger partial charge in [-0.3, -0.25) is 4.79 Å². The number of nitrogens with one attached hydrogen (secondary N) is 1. The normalized spacial score (nSPS) is 11.3. The molecule has 6 nitrogen and oxygen atoms in total. The van der Waals surface area contributed by atoms with Gasteiger partial charge in [0.25, 0.3) is 5.91 Å². The molecule has 120 valence electrons. The zero-order chi connectivity index (χ0) is 16.6. The number of aromatic amines is 1. The van der Waals surface area contributed by atoms with Crippen LogP contribution in [0.2, 0.25) is 0 Å². The first-order chi connectivity index (χ1) is 11.0. The summed E-state index contributed by atoms with van der Waals surface area (Å²) in [6.45, 7) is 6.35. The van der Waals surface area contributed by atoms with E-state index in [4.69, 9.17) is 4.42 Å². The smallest absolute Gasteiger partial charge is 0.276 e. The highest BCUT2D eigenvalue weighted by molar-refractivity contribution is 5.93. The van der Waals surface area contributed by atoms with Crippen LogP contribution in [0.5, 0.6) is 0 Å². The lowest BCUT2D eigenvalue weighted by atomic mass is 10.1.